The van der Waals surface area contributed by atoms with E-state index in [9.17, 15) is 4.79 Å². The first-order valence-corrected chi connectivity index (χ1v) is 6.07. The molecule has 0 atom stereocenters. The molecule has 0 spiro atoms. The number of carbonyl (C=O) groups excluding carboxylic acids is 1. The van der Waals surface area contributed by atoms with Gasteiger partial charge in [-0.25, -0.2) is 0 Å². The zero-order valence-corrected chi connectivity index (χ0v) is 10.5. The number of aldehydes is 1. The second-order valence-corrected chi connectivity index (χ2v) is 4.90. The lowest BCUT2D eigenvalue weighted by molar-refractivity contribution is -0.119. The fraction of sp³-hybridized carbons (Fsp3) is 0.364. The lowest BCUT2D eigenvalue weighted by Gasteiger charge is -2.21. The monoisotopic (exact) mass is 244 g/mol. The Hall–Kier alpha value is -0.670. The van der Waals surface area contributed by atoms with Gasteiger partial charge in [0.25, 0.3) is 0 Å². The lowest BCUT2D eigenvalue weighted by atomic mass is 10.2. The Balaban J connectivity index is 2.99. The normalized spacial score (nSPS) is 11.2. The summed E-state index contributed by atoms with van der Waals surface area (Å²) in [4.78, 5) is 11.7. The van der Waals surface area contributed by atoms with E-state index in [0.717, 1.165) is 11.2 Å². The van der Waals surface area contributed by atoms with Crippen molar-refractivity contribution < 1.29 is 9.53 Å². The van der Waals surface area contributed by atoms with E-state index in [1.807, 2.05) is 12.3 Å². The summed E-state index contributed by atoms with van der Waals surface area (Å²) in [5.41, 5.74) is -0.807. The minimum Gasteiger partial charge on any atom is -0.479 e. The first-order valence-electron chi connectivity index (χ1n) is 4.47. The fourth-order valence-corrected chi connectivity index (χ4v) is 1.83. The highest BCUT2D eigenvalue weighted by atomic mass is 35.5. The molecule has 1 aromatic rings. The Morgan fingerprint density at radius 2 is 2.13 bits per heavy atom. The number of rotatable bonds is 4. The molecule has 0 saturated carbocycles. The molecule has 0 bridgehead atoms. The van der Waals surface area contributed by atoms with Crippen LogP contribution in [-0.4, -0.2) is 18.1 Å². The molecule has 2 nitrogen and oxygen atoms in total. The molecule has 15 heavy (non-hydrogen) atoms. The summed E-state index contributed by atoms with van der Waals surface area (Å²) in [6.45, 7) is 3.44. The van der Waals surface area contributed by atoms with Crippen molar-refractivity contribution in [3.05, 3.63) is 23.2 Å². The van der Waals surface area contributed by atoms with Crippen LogP contribution in [0, 0.1) is 0 Å². The molecule has 0 N–H and O–H groups in total. The molecule has 0 aromatic heterocycles. The highest BCUT2D eigenvalue weighted by Gasteiger charge is 2.19. The number of ether oxygens (including phenoxy) is 1. The van der Waals surface area contributed by atoms with Crippen LogP contribution < -0.4 is 4.74 Å². The minimum atomic E-state index is -0.807. The van der Waals surface area contributed by atoms with E-state index in [4.69, 9.17) is 16.3 Å². The summed E-state index contributed by atoms with van der Waals surface area (Å²) in [7, 11) is 0. The molecule has 1 aromatic carbocycles. The van der Waals surface area contributed by atoms with E-state index < -0.39 is 5.60 Å². The largest absolute Gasteiger partial charge is 0.479 e. The second-order valence-electron chi connectivity index (χ2n) is 3.62. The number of halogens is 1. The maximum Gasteiger partial charge on any atom is 0.162 e. The van der Waals surface area contributed by atoms with Crippen LogP contribution >= 0.6 is 23.4 Å². The Morgan fingerprint density at radius 3 is 2.67 bits per heavy atom. The maximum atomic E-state index is 10.7. The Bertz CT molecular complexity index is 364. The van der Waals surface area contributed by atoms with E-state index in [-0.39, 0.29) is 0 Å². The summed E-state index contributed by atoms with van der Waals surface area (Å²) >= 11 is 7.40. The fourth-order valence-electron chi connectivity index (χ4n) is 1.03. The predicted molar refractivity (Wildman–Crippen MR) is 64.0 cm³/mol. The third-order valence-corrected chi connectivity index (χ3v) is 2.78. The van der Waals surface area contributed by atoms with Crippen molar-refractivity contribution in [3.63, 3.8) is 0 Å². The van der Waals surface area contributed by atoms with Crippen LogP contribution in [-0.2, 0) is 4.79 Å². The van der Waals surface area contributed by atoms with Crippen LogP contribution in [0.15, 0.2) is 23.1 Å². The SMILES string of the molecule is CSc1cc(Cl)ccc1OC(C)(C)C=O. The van der Waals surface area contributed by atoms with E-state index in [2.05, 4.69) is 0 Å². The molecular formula is C11H13ClO2S. The van der Waals surface area contributed by atoms with Crippen LogP contribution in [0.3, 0.4) is 0 Å². The van der Waals surface area contributed by atoms with Gasteiger partial charge >= 0.3 is 0 Å². The van der Waals surface area contributed by atoms with E-state index in [1.165, 1.54) is 11.8 Å². The Kier molecular flexibility index (Phi) is 4.05. The zero-order valence-electron chi connectivity index (χ0n) is 8.91. The summed E-state index contributed by atoms with van der Waals surface area (Å²) in [6, 6.07) is 5.35. The van der Waals surface area contributed by atoms with Crippen molar-refractivity contribution in [1.29, 1.82) is 0 Å². The molecular weight excluding hydrogens is 232 g/mol. The third-order valence-electron chi connectivity index (χ3n) is 1.78. The molecule has 0 aliphatic heterocycles. The van der Waals surface area contributed by atoms with Gasteiger partial charge in [-0.3, -0.25) is 4.79 Å². The quantitative estimate of drug-likeness (QED) is 0.600. The molecule has 82 valence electrons. The molecule has 0 unspecified atom stereocenters. The average molecular weight is 245 g/mol. The van der Waals surface area contributed by atoms with Crippen LogP contribution in [0.25, 0.3) is 0 Å². The Morgan fingerprint density at radius 1 is 1.47 bits per heavy atom. The molecule has 0 heterocycles. The van der Waals surface area contributed by atoms with Gasteiger partial charge in [-0.2, -0.15) is 0 Å². The highest BCUT2D eigenvalue weighted by molar-refractivity contribution is 7.98. The molecule has 0 radical (unpaired) electrons. The minimum absolute atomic E-state index is 0.663. The van der Waals surface area contributed by atoms with Gasteiger partial charge in [-0.1, -0.05) is 11.6 Å². The van der Waals surface area contributed by atoms with Gasteiger partial charge in [0, 0.05) is 5.02 Å². The molecule has 0 saturated heterocycles. The van der Waals surface area contributed by atoms with Gasteiger partial charge in [-0.05, 0) is 38.3 Å². The van der Waals surface area contributed by atoms with Crippen molar-refractivity contribution in [2.24, 2.45) is 0 Å². The molecule has 0 fully saturated rings. The van der Waals surface area contributed by atoms with Crippen molar-refractivity contribution >= 4 is 29.6 Å². The van der Waals surface area contributed by atoms with Gasteiger partial charge in [0.05, 0.1) is 4.90 Å². The van der Waals surface area contributed by atoms with E-state index in [0.29, 0.717) is 10.8 Å². The first kappa shape index (κ1) is 12.4. The zero-order chi connectivity index (χ0) is 11.5. The number of benzene rings is 1. The van der Waals surface area contributed by atoms with Crippen molar-refractivity contribution in [2.75, 3.05) is 6.26 Å². The lowest BCUT2D eigenvalue weighted by Crippen LogP contribution is -2.29. The molecule has 1 rings (SSSR count). The number of carbonyl (C=O) groups is 1. The summed E-state index contributed by atoms with van der Waals surface area (Å²) in [6.07, 6.45) is 2.72. The summed E-state index contributed by atoms with van der Waals surface area (Å²) < 4.78 is 5.58. The van der Waals surface area contributed by atoms with Crippen LogP contribution in [0.2, 0.25) is 5.02 Å². The van der Waals surface area contributed by atoms with Gasteiger partial charge in [0.2, 0.25) is 0 Å². The highest BCUT2D eigenvalue weighted by Crippen LogP contribution is 2.32. The predicted octanol–water partition coefficient (Wildman–Crippen LogP) is 3.42. The van der Waals surface area contributed by atoms with Gasteiger partial charge in [-0.15, -0.1) is 11.8 Å². The van der Waals surface area contributed by atoms with Gasteiger partial charge < -0.3 is 4.74 Å². The van der Waals surface area contributed by atoms with Gasteiger partial charge in [0.1, 0.15) is 5.75 Å². The molecule has 0 amide bonds. The van der Waals surface area contributed by atoms with E-state index >= 15 is 0 Å². The van der Waals surface area contributed by atoms with Crippen LogP contribution in [0.5, 0.6) is 5.75 Å². The smallest absolute Gasteiger partial charge is 0.162 e. The van der Waals surface area contributed by atoms with Crippen molar-refractivity contribution in [3.8, 4) is 5.75 Å². The van der Waals surface area contributed by atoms with E-state index in [1.54, 1.807) is 26.0 Å². The average Bonchev–Trinajstić information content (AvgIpc) is 2.20. The number of hydrogen-bond acceptors (Lipinski definition) is 3. The maximum absolute atomic E-state index is 10.7. The standard InChI is InChI=1S/C11H13ClO2S/c1-11(2,7-13)14-9-5-4-8(12)6-10(9)15-3/h4-7H,1-3H3. The molecule has 0 aliphatic carbocycles. The summed E-state index contributed by atoms with van der Waals surface area (Å²) in [5.74, 6) is 0.684. The Labute approximate surface area is 99.0 Å². The van der Waals surface area contributed by atoms with Gasteiger partial charge in [0.15, 0.2) is 11.9 Å². The van der Waals surface area contributed by atoms with Crippen molar-refractivity contribution in [1.82, 2.24) is 0 Å². The number of hydrogen-bond donors (Lipinski definition) is 0. The third kappa shape index (κ3) is 3.43. The molecule has 4 heteroatoms. The van der Waals surface area contributed by atoms with Crippen LogP contribution in [0.1, 0.15) is 13.8 Å². The second kappa shape index (κ2) is 4.90. The van der Waals surface area contributed by atoms with Crippen LogP contribution in [0.4, 0.5) is 0 Å². The molecule has 0 aliphatic rings. The topological polar surface area (TPSA) is 26.3 Å². The van der Waals surface area contributed by atoms with Crippen molar-refractivity contribution in [2.45, 2.75) is 24.3 Å². The number of thioether (sulfide) groups is 1. The first-order chi connectivity index (χ1) is 6.98. The summed E-state index contributed by atoms with van der Waals surface area (Å²) in [5, 5.41) is 0.663.